The lowest BCUT2D eigenvalue weighted by atomic mass is 10.1. The van der Waals surface area contributed by atoms with E-state index in [1.165, 1.54) is 0 Å². The van der Waals surface area contributed by atoms with E-state index in [1.54, 1.807) is 0 Å². The second-order valence-electron chi connectivity index (χ2n) is 9.35. The summed E-state index contributed by atoms with van der Waals surface area (Å²) < 4.78 is 13.3. The van der Waals surface area contributed by atoms with Crippen molar-refractivity contribution in [2.24, 2.45) is 7.05 Å². The van der Waals surface area contributed by atoms with Gasteiger partial charge in [0, 0.05) is 67.5 Å². The van der Waals surface area contributed by atoms with Crippen molar-refractivity contribution < 1.29 is 8.83 Å². The first-order valence-electron chi connectivity index (χ1n) is 13.2. The van der Waals surface area contributed by atoms with Crippen LogP contribution in [0.3, 0.4) is 0 Å². The molecule has 0 saturated heterocycles. The van der Waals surface area contributed by atoms with E-state index in [9.17, 15) is 9.59 Å². The third-order valence-electron chi connectivity index (χ3n) is 7.37. The largest absolute Gasteiger partial charge is 0.422 e. The normalized spacial score (nSPS) is 11.4. The second kappa shape index (κ2) is 10.2. The van der Waals surface area contributed by atoms with Crippen LogP contribution in [0.5, 0.6) is 0 Å². The number of hydrogen-bond acceptors (Lipinski definition) is 6. The molecule has 7 heteroatoms. The standard InChI is InChI=1S/C31H33N3O4/c1-6-33(7-2)22-12-10-20-16-24(30(35)37-28(20)18-22)26-14-15-27(32(26)5)25-17-21-11-13-23(34(8-3)9-4)19-29(21)38-31(25)36/h10-19H,6-9H2,1-5H3. The molecule has 0 aliphatic rings. The van der Waals surface area contributed by atoms with Crippen molar-refractivity contribution in [1.82, 2.24) is 4.57 Å². The van der Waals surface area contributed by atoms with Gasteiger partial charge in [0.2, 0.25) is 0 Å². The molecule has 3 heterocycles. The van der Waals surface area contributed by atoms with Crippen molar-refractivity contribution in [3.8, 4) is 22.5 Å². The van der Waals surface area contributed by atoms with E-state index >= 15 is 0 Å². The summed E-state index contributed by atoms with van der Waals surface area (Å²) >= 11 is 0. The summed E-state index contributed by atoms with van der Waals surface area (Å²) in [4.78, 5) is 30.5. The van der Waals surface area contributed by atoms with Crippen LogP contribution in [0.1, 0.15) is 27.7 Å². The van der Waals surface area contributed by atoms with Gasteiger partial charge in [-0.2, -0.15) is 0 Å². The highest BCUT2D eigenvalue weighted by molar-refractivity contribution is 5.86. The summed E-state index contributed by atoms with van der Waals surface area (Å²) in [5, 5.41) is 1.68. The number of aromatic nitrogens is 1. The fraction of sp³-hybridized carbons (Fsp3) is 0.290. The molecule has 0 radical (unpaired) electrons. The quantitative estimate of drug-likeness (QED) is 0.229. The molecule has 5 aromatic rings. The van der Waals surface area contributed by atoms with Gasteiger partial charge in [-0.1, -0.05) is 0 Å². The number of fused-ring (bicyclic) bond motifs is 2. The Morgan fingerprint density at radius 1 is 0.605 bits per heavy atom. The van der Waals surface area contributed by atoms with Crippen molar-refractivity contribution in [2.75, 3.05) is 36.0 Å². The highest BCUT2D eigenvalue weighted by Crippen LogP contribution is 2.30. The smallest absolute Gasteiger partial charge is 0.345 e. The molecule has 7 nitrogen and oxygen atoms in total. The lowest BCUT2D eigenvalue weighted by molar-refractivity contribution is 0.562. The van der Waals surface area contributed by atoms with Crippen molar-refractivity contribution in [2.45, 2.75) is 27.7 Å². The first-order chi connectivity index (χ1) is 18.4. The minimum absolute atomic E-state index is 0.420. The van der Waals surface area contributed by atoms with Gasteiger partial charge in [0.05, 0.1) is 22.5 Å². The van der Waals surface area contributed by atoms with Crippen LogP contribution in [0.25, 0.3) is 44.5 Å². The van der Waals surface area contributed by atoms with E-state index < -0.39 is 11.3 Å². The van der Waals surface area contributed by atoms with Crippen molar-refractivity contribution in [1.29, 1.82) is 0 Å². The Labute approximate surface area is 221 Å². The van der Waals surface area contributed by atoms with Crippen LogP contribution in [-0.4, -0.2) is 30.7 Å². The Kier molecular flexibility index (Phi) is 6.85. The molecular weight excluding hydrogens is 478 g/mol. The van der Waals surface area contributed by atoms with Gasteiger partial charge < -0.3 is 23.2 Å². The maximum absolute atomic E-state index is 13.1. The fourth-order valence-electron chi connectivity index (χ4n) is 5.18. The highest BCUT2D eigenvalue weighted by atomic mass is 16.4. The van der Waals surface area contributed by atoms with Crippen molar-refractivity contribution in [3.05, 3.63) is 81.5 Å². The predicted octanol–water partition coefficient (Wildman–Crippen LogP) is 6.26. The molecule has 0 aliphatic carbocycles. The highest BCUT2D eigenvalue weighted by Gasteiger charge is 2.18. The molecule has 0 aliphatic heterocycles. The number of rotatable bonds is 8. The van der Waals surface area contributed by atoms with E-state index in [-0.39, 0.29) is 0 Å². The van der Waals surface area contributed by atoms with Gasteiger partial charge >= 0.3 is 11.3 Å². The molecule has 0 fully saturated rings. The Morgan fingerprint density at radius 2 is 1.00 bits per heavy atom. The monoisotopic (exact) mass is 511 g/mol. The topological polar surface area (TPSA) is 71.8 Å². The summed E-state index contributed by atoms with van der Waals surface area (Å²) in [6.07, 6.45) is 0. The zero-order chi connectivity index (χ0) is 27.0. The summed E-state index contributed by atoms with van der Waals surface area (Å²) in [5.74, 6) is 0. The molecule has 2 aromatic carbocycles. The molecule has 0 amide bonds. The SMILES string of the molecule is CCN(CC)c1ccc2cc(-c3ccc(-c4cc5ccc(N(CC)CC)cc5oc4=O)n3C)c(=O)oc2c1. The van der Waals surface area contributed by atoms with Crippen LogP contribution in [0.15, 0.2) is 79.1 Å². The van der Waals surface area contributed by atoms with Gasteiger partial charge in [-0.05, 0) is 76.2 Å². The molecule has 196 valence electrons. The summed E-state index contributed by atoms with van der Waals surface area (Å²) in [6, 6.07) is 19.2. The average Bonchev–Trinajstić information content (AvgIpc) is 3.29. The van der Waals surface area contributed by atoms with Gasteiger partial charge in [-0.3, -0.25) is 0 Å². The zero-order valence-electron chi connectivity index (χ0n) is 22.6. The molecule has 3 aromatic heterocycles. The Hall–Kier alpha value is -4.26. The van der Waals surface area contributed by atoms with Gasteiger partial charge in [0.15, 0.2) is 0 Å². The lowest BCUT2D eigenvalue weighted by Gasteiger charge is -2.21. The van der Waals surface area contributed by atoms with E-state index in [0.29, 0.717) is 33.7 Å². The Morgan fingerprint density at radius 3 is 1.37 bits per heavy atom. The van der Waals surface area contributed by atoms with Crippen LogP contribution < -0.4 is 21.1 Å². The third kappa shape index (κ3) is 4.38. The summed E-state index contributed by atoms with van der Waals surface area (Å²) in [6.45, 7) is 11.9. The number of nitrogens with zero attached hydrogens (tertiary/aromatic N) is 3. The maximum atomic E-state index is 13.1. The van der Waals surface area contributed by atoms with E-state index in [2.05, 4.69) is 37.5 Å². The zero-order valence-corrected chi connectivity index (χ0v) is 22.6. The van der Waals surface area contributed by atoms with Crippen LogP contribution >= 0.6 is 0 Å². The summed E-state index contributed by atoms with van der Waals surface area (Å²) in [5.41, 5.74) is 4.52. The van der Waals surface area contributed by atoms with Crippen LogP contribution in [-0.2, 0) is 7.05 Å². The molecule has 0 unspecified atom stereocenters. The molecule has 5 rings (SSSR count). The van der Waals surface area contributed by atoms with Gasteiger partial charge in [-0.15, -0.1) is 0 Å². The fourth-order valence-corrected chi connectivity index (χ4v) is 5.18. The van der Waals surface area contributed by atoms with E-state index in [1.807, 2.05) is 72.3 Å². The number of benzene rings is 2. The molecule has 0 bridgehead atoms. The minimum Gasteiger partial charge on any atom is -0.422 e. The molecule has 0 saturated carbocycles. The first-order valence-corrected chi connectivity index (χ1v) is 13.2. The summed E-state index contributed by atoms with van der Waals surface area (Å²) in [7, 11) is 1.84. The molecular formula is C31H33N3O4. The Bertz CT molecular complexity index is 1610. The molecule has 0 N–H and O–H groups in total. The predicted molar refractivity (Wildman–Crippen MR) is 155 cm³/mol. The Balaban J connectivity index is 1.55. The second-order valence-corrected chi connectivity index (χ2v) is 9.35. The number of anilines is 2. The van der Waals surface area contributed by atoms with E-state index in [0.717, 1.165) is 48.3 Å². The van der Waals surface area contributed by atoms with Gasteiger partial charge in [0.1, 0.15) is 11.2 Å². The maximum Gasteiger partial charge on any atom is 0.345 e. The van der Waals surface area contributed by atoms with Crippen molar-refractivity contribution in [3.63, 3.8) is 0 Å². The van der Waals surface area contributed by atoms with Crippen LogP contribution in [0.4, 0.5) is 11.4 Å². The van der Waals surface area contributed by atoms with Gasteiger partial charge in [-0.25, -0.2) is 9.59 Å². The van der Waals surface area contributed by atoms with Crippen LogP contribution in [0.2, 0.25) is 0 Å². The van der Waals surface area contributed by atoms with Gasteiger partial charge in [0.25, 0.3) is 0 Å². The number of hydrogen-bond donors (Lipinski definition) is 0. The molecule has 0 spiro atoms. The van der Waals surface area contributed by atoms with E-state index in [4.69, 9.17) is 8.83 Å². The first kappa shape index (κ1) is 25.4. The molecule has 0 atom stereocenters. The van der Waals surface area contributed by atoms with Crippen molar-refractivity contribution >= 4 is 33.3 Å². The minimum atomic E-state index is -0.420. The van der Waals surface area contributed by atoms with Crippen LogP contribution in [0, 0.1) is 0 Å². The molecule has 38 heavy (non-hydrogen) atoms. The third-order valence-corrected chi connectivity index (χ3v) is 7.37. The average molecular weight is 512 g/mol. The lowest BCUT2D eigenvalue weighted by Crippen LogP contribution is -2.21.